The van der Waals surface area contributed by atoms with Gasteiger partial charge in [-0.15, -0.1) is 11.3 Å². The van der Waals surface area contributed by atoms with Crippen molar-refractivity contribution in [2.24, 2.45) is 0 Å². The van der Waals surface area contributed by atoms with Crippen LogP contribution in [0.4, 0.5) is 5.69 Å². The number of thiophene rings is 1. The Balaban J connectivity index is 1.70. The highest BCUT2D eigenvalue weighted by Crippen LogP contribution is 2.21. The number of sulfonamides is 1. The van der Waals surface area contributed by atoms with E-state index in [1.165, 1.54) is 13.1 Å². The van der Waals surface area contributed by atoms with Gasteiger partial charge in [0.05, 0.1) is 6.54 Å². The molecule has 0 unspecified atom stereocenters. The van der Waals surface area contributed by atoms with Crippen LogP contribution >= 0.6 is 11.3 Å². The molecule has 0 saturated heterocycles. The molecule has 0 aliphatic rings. The van der Waals surface area contributed by atoms with E-state index in [4.69, 9.17) is 4.42 Å². The van der Waals surface area contributed by atoms with Gasteiger partial charge >= 0.3 is 0 Å². The lowest BCUT2D eigenvalue weighted by molar-refractivity contribution is -0.116. The summed E-state index contributed by atoms with van der Waals surface area (Å²) in [5.74, 6) is 0.104. The number of anilines is 1. The molecule has 24 heavy (non-hydrogen) atoms. The number of nitrogens with one attached hydrogen (secondary N) is 1. The Kier molecular flexibility index (Phi) is 4.39. The molecule has 2 aromatic heterocycles. The van der Waals surface area contributed by atoms with Crippen LogP contribution < -0.4 is 5.32 Å². The number of nitrogens with zero attached hydrogens (tertiary/aromatic N) is 2. The van der Waals surface area contributed by atoms with Gasteiger partial charge in [0, 0.05) is 19.7 Å². The third kappa shape index (κ3) is 3.32. The van der Waals surface area contributed by atoms with Crippen molar-refractivity contribution >= 4 is 44.1 Å². The monoisotopic (exact) mass is 365 g/mol. The van der Waals surface area contributed by atoms with Crippen LogP contribution in [0.3, 0.4) is 0 Å². The summed E-state index contributed by atoms with van der Waals surface area (Å²) < 4.78 is 31.2. The number of carbonyl (C=O) groups is 1. The lowest BCUT2D eigenvalue weighted by Gasteiger charge is -2.15. The molecular formula is C15H15N3O4S2. The molecule has 1 N–H and O–H groups in total. The Morgan fingerprint density at radius 1 is 1.38 bits per heavy atom. The standard InChI is InChI=1S/C15H15N3O4S2/c1-10-16-12-8-11(5-6-13(12)22-10)17-14(19)9-18(2)24(20,21)15-4-3-7-23-15/h3-8H,9H2,1-2H3,(H,17,19). The highest BCUT2D eigenvalue weighted by atomic mass is 32.2. The third-order valence-corrected chi connectivity index (χ3v) is 6.48. The molecule has 0 aliphatic carbocycles. The van der Waals surface area contributed by atoms with Gasteiger partial charge in [0.15, 0.2) is 11.5 Å². The SMILES string of the molecule is Cc1nc2cc(NC(=O)CN(C)S(=O)(=O)c3cccs3)ccc2o1. The lowest BCUT2D eigenvalue weighted by Crippen LogP contribution is -2.34. The first-order valence-electron chi connectivity index (χ1n) is 7.03. The first kappa shape index (κ1) is 16.6. The van der Waals surface area contributed by atoms with Gasteiger partial charge in [-0.3, -0.25) is 4.79 Å². The minimum Gasteiger partial charge on any atom is -0.441 e. The van der Waals surface area contributed by atoms with Gasteiger partial charge in [0.1, 0.15) is 9.73 Å². The molecule has 0 aliphatic heterocycles. The van der Waals surface area contributed by atoms with Crippen molar-refractivity contribution in [1.29, 1.82) is 0 Å². The van der Waals surface area contributed by atoms with Crippen molar-refractivity contribution in [3.63, 3.8) is 0 Å². The van der Waals surface area contributed by atoms with Crippen molar-refractivity contribution in [3.8, 4) is 0 Å². The molecule has 2 heterocycles. The van der Waals surface area contributed by atoms with E-state index in [0.29, 0.717) is 22.7 Å². The van der Waals surface area contributed by atoms with Gasteiger partial charge in [-0.25, -0.2) is 13.4 Å². The summed E-state index contributed by atoms with van der Waals surface area (Å²) in [7, 11) is -2.28. The number of amides is 1. The summed E-state index contributed by atoms with van der Waals surface area (Å²) in [5.41, 5.74) is 1.79. The number of hydrogen-bond donors (Lipinski definition) is 1. The number of oxazole rings is 1. The molecule has 1 amide bonds. The van der Waals surface area contributed by atoms with E-state index >= 15 is 0 Å². The molecule has 0 saturated carbocycles. The minimum atomic E-state index is -3.65. The summed E-state index contributed by atoms with van der Waals surface area (Å²) in [6, 6.07) is 8.23. The highest BCUT2D eigenvalue weighted by molar-refractivity contribution is 7.91. The van der Waals surface area contributed by atoms with Gasteiger partial charge in [-0.2, -0.15) is 4.31 Å². The van der Waals surface area contributed by atoms with Crippen LogP contribution in [-0.4, -0.2) is 37.2 Å². The second kappa shape index (κ2) is 6.34. The zero-order chi connectivity index (χ0) is 17.3. The van der Waals surface area contributed by atoms with Gasteiger partial charge in [-0.05, 0) is 29.6 Å². The third-order valence-electron chi connectivity index (χ3n) is 3.30. The fourth-order valence-electron chi connectivity index (χ4n) is 2.17. The van der Waals surface area contributed by atoms with Gasteiger partial charge in [-0.1, -0.05) is 6.07 Å². The normalized spacial score (nSPS) is 12.0. The molecule has 0 radical (unpaired) electrons. The summed E-state index contributed by atoms with van der Waals surface area (Å²) >= 11 is 1.11. The molecule has 0 bridgehead atoms. The van der Waals surface area contributed by atoms with Crippen LogP contribution in [0, 0.1) is 6.92 Å². The summed E-state index contributed by atoms with van der Waals surface area (Å²) in [6.07, 6.45) is 0. The van der Waals surface area contributed by atoms with E-state index in [0.717, 1.165) is 15.6 Å². The summed E-state index contributed by atoms with van der Waals surface area (Å²) in [6.45, 7) is 1.46. The average Bonchev–Trinajstić information content (AvgIpc) is 3.15. The lowest BCUT2D eigenvalue weighted by atomic mass is 10.3. The van der Waals surface area contributed by atoms with Crippen molar-refractivity contribution in [1.82, 2.24) is 9.29 Å². The van der Waals surface area contributed by atoms with Crippen LogP contribution in [-0.2, 0) is 14.8 Å². The average molecular weight is 365 g/mol. The minimum absolute atomic E-state index is 0.206. The zero-order valence-electron chi connectivity index (χ0n) is 13.0. The van der Waals surface area contributed by atoms with Crippen molar-refractivity contribution in [2.75, 3.05) is 18.9 Å². The molecule has 3 aromatic rings. The van der Waals surface area contributed by atoms with E-state index in [1.807, 2.05) is 0 Å². The maximum Gasteiger partial charge on any atom is 0.252 e. The number of likely N-dealkylation sites (N-methyl/N-ethyl adjacent to an activating group) is 1. The van der Waals surface area contributed by atoms with Crippen LogP contribution in [0.25, 0.3) is 11.1 Å². The van der Waals surface area contributed by atoms with Crippen molar-refractivity contribution in [2.45, 2.75) is 11.1 Å². The fourth-order valence-corrected chi connectivity index (χ4v) is 4.50. The maximum atomic E-state index is 12.3. The van der Waals surface area contributed by atoms with Crippen LogP contribution in [0.15, 0.2) is 44.3 Å². The van der Waals surface area contributed by atoms with E-state index in [-0.39, 0.29) is 10.8 Å². The van der Waals surface area contributed by atoms with E-state index in [2.05, 4.69) is 10.3 Å². The smallest absolute Gasteiger partial charge is 0.252 e. The molecule has 3 rings (SSSR count). The second-order valence-electron chi connectivity index (χ2n) is 5.16. The van der Waals surface area contributed by atoms with Crippen LogP contribution in [0.2, 0.25) is 0 Å². The predicted molar refractivity (Wildman–Crippen MR) is 91.5 cm³/mol. The number of hydrogen-bond acceptors (Lipinski definition) is 6. The number of aromatic nitrogens is 1. The Bertz CT molecular complexity index is 977. The first-order valence-corrected chi connectivity index (χ1v) is 9.35. The van der Waals surface area contributed by atoms with Crippen LogP contribution in [0.5, 0.6) is 0 Å². The van der Waals surface area contributed by atoms with Gasteiger partial charge in [0.25, 0.3) is 10.0 Å². The first-order chi connectivity index (χ1) is 11.4. The van der Waals surface area contributed by atoms with Crippen molar-refractivity contribution < 1.29 is 17.6 Å². The van der Waals surface area contributed by atoms with Gasteiger partial charge < -0.3 is 9.73 Å². The molecule has 1 aromatic carbocycles. The van der Waals surface area contributed by atoms with E-state index in [1.54, 1.807) is 36.6 Å². The Hall–Kier alpha value is -2.23. The van der Waals surface area contributed by atoms with Crippen LogP contribution in [0.1, 0.15) is 5.89 Å². The molecule has 126 valence electrons. The molecule has 7 nitrogen and oxygen atoms in total. The fraction of sp³-hybridized carbons (Fsp3) is 0.200. The molecule has 0 atom stereocenters. The number of benzene rings is 1. The molecule has 0 fully saturated rings. The Morgan fingerprint density at radius 3 is 2.88 bits per heavy atom. The number of aryl methyl sites for hydroxylation is 1. The number of rotatable bonds is 5. The zero-order valence-corrected chi connectivity index (χ0v) is 14.6. The molecular weight excluding hydrogens is 350 g/mol. The van der Waals surface area contributed by atoms with Gasteiger partial charge in [0.2, 0.25) is 5.91 Å². The molecule has 9 heteroatoms. The largest absolute Gasteiger partial charge is 0.441 e. The molecule has 0 spiro atoms. The quantitative estimate of drug-likeness (QED) is 0.750. The van der Waals surface area contributed by atoms with Crippen molar-refractivity contribution in [3.05, 3.63) is 41.6 Å². The second-order valence-corrected chi connectivity index (χ2v) is 8.38. The van der Waals surface area contributed by atoms with E-state index < -0.39 is 15.9 Å². The number of carbonyl (C=O) groups excluding carboxylic acids is 1. The summed E-state index contributed by atoms with van der Waals surface area (Å²) in [5, 5.41) is 4.34. The highest BCUT2D eigenvalue weighted by Gasteiger charge is 2.23. The summed E-state index contributed by atoms with van der Waals surface area (Å²) in [4.78, 5) is 16.3. The number of fused-ring (bicyclic) bond motifs is 1. The Labute approximate surface area is 143 Å². The maximum absolute atomic E-state index is 12.3. The topological polar surface area (TPSA) is 92.5 Å². The Morgan fingerprint density at radius 2 is 2.17 bits per heavy atom. The predicted octanol–water partition coefficient (Wildman–Crippen LogP) is 2.46. The van der Waals surface area contributed by atoms with E-state index in [9.17, 15) is 13.2 Å².